The maximum atomic E-state index is 6.03. The van der Waals surface area contributed by atoms with Crippen LogP contribution in [0.1, 0.15) is 22.7 Å². The molecule has 20 heavy (non-hydrogen) atoms. The van der Waals surface area contributed by atoms with Crippen LogP contribution in [-0.4, -0.2) is 11.4 Å². The summed E-state index contributed by atoms with van der Waals surface area (Å²) < 4.78 is 1.02. The molecular formula is C16H16BrClN2. The molecule has 0 radical (unpaired) electrons. The third kappa shape index (κ3) is 2.63. The van der Waals surface area contributed by atoms with Crippen LogP contribution in [0.25, 0.3) is 0 Å². The molecule has 2 N–H and O–H groups in total. The standard InChI is InChI=1S/C16H16BrClN2/c17-15-7-13(18)5-6-14(15)16(8-19)20-9-11-3-1-2-4-12(11)10-20/h1-7,16H,8-10,19H2. The Balaban J connectivity index is 1.89. The fourth-order valence-electron chi connectivity index (χ4n) is 2.82. The highest BCUT2D eigenvalue weighted by Gasteiger charge is 2.26. The van der Waals surface area contributed by atoms with Crippen molar-refractivity contribution < 1.29 is 0 Å². The van der Waals surface area contributed by atoms with Gasteiger partial charge in [-0.05, 0) is 28.8 Å². The van der Waals surface area contributed by atoms with E-state index in [9.17, 15) is 0 Å². The lowest BCUT2D eigenvalue weighted by atomic mass is 10.1. The summed E-state index contributed by atoms with van der Waals surface area (Å²) in [6, 6.07) is 14.7. The first-order valence-corrected chi connectivity index (χ1v) is 7.82. The Hall–Kier alpha value is -0.870. The van der Waals surface area contributed by atoms with Gasteiger partial charge in [0.15, 0.2) is 0 Å². The summed E-state index contributed by atoms with van der Waals surface area (Å²) in [5.41, 5.74) is 10.0. The molecule has 0 saturated heterocycles. The van der Waals surface area contributed by atoms with E-state index in [1.807, 2.05) is 12.1 Å². The lowest BCUT2D eigenvalue weighted by Gasteiger charge is -2.27. The maximum absolute atomic E-state index is 6.03. The molecule has 1 heterocycles. The van der Waals surface area contributed by atoms with E-state index in [-0.39, 0.29) is 6.04 Å². The number of hydrogen-bond donors (Lipinski definition) is 1. The van der Waals surface area contributed by atoms with Crippen molar-refractivity contribution in [3.05, 3.63) is 68.7 Å². The van der Waals surface area contributed by atoms with Crippen molar-refractivity contribution in [1.82, 2.24) is 4.90 Å². The smallest absolute Gasteiger partial charge is 0.0488 e. The Morgan fingerprint density at radius 1 is 1.15 bits per heavy atom. The second kappa shape index (κ2) is 5.86. The van der Waals surface area contributed by atoms with Crippen LogP contribution in [0.4, 0.5) is 0 Å². The number of nitrogens with two attached hydrogens (primary N) is 1. The van der Waals surface area contributed by atoms with E-state index >= 15 is 0 Å². The molecule has 0 spiro atoms. The first-order valence-electron chi connectivity index (χ1n) is 6.65. The van der Waals surface area contributed by atoms with Crippen molar-refractivity contribution >= 4 is 27.5 Å². The summed E-state index contributed by atoms with van der Waals surface area (Å²) in [5, 5.41) is 0.737. The number of hydrogen-bond acceptors (Lipinski definition) is 2. The monoisotopic (exact) mass is 350 g/mol. The predicted octanol–water partition coefficient (Wildman–Crippen LogP) is 4.12. The van der Waals surface area contributed by atoms with Crippen molar-refractivity contribution in [1.29, 1.82) is 0 Å². The van der Waals surface area contributed by atoms with Crippen molar-refractivity contribution in [2.75, 3.05) is 6.54 Å². The van der Waals surface area contributed by atoms with Crippen LogP contribution in [0.2, 0.25) is 5.02 Å². The summed E-state index contributed by atoms with van der Waals surface area (Å²) in [6.45, 7) is 2.49. The third-order valence-electron chi connectivity index (χ3n) is 3.85. The van der Waals surface area contributed by atoms with Gasteiger partial charge in [-0.15, -0.1) is 0 Å². The summed E-state index contributed by atoms with van der Waals surface area (Å²) in [4.78, 5) is 2.42. The maximum Gasteiger partial charge on any atom is 0.0488 e. The number of nitrogens with zero attached hydrogens (tertiary/aromatic N) is 1. The Labute approximate surface area is 132 Å². The van der Waals surface area contributed by atoms with Gasteiger partial charge in [-0.3, -0.25) is 4.90 Å². The van der Waals surface area contributed by atoms with E-state index < -0.39 is 0 Å². The Morgan fingerprint density at radius 3 is 2.35 bits per heavy atom. The van der Waals surface area contributed by atoms with Crippen LogP contribution >= 0.6 is 27.5 Å². The van der Waals surface area contributed by atoms with Gasteiger partial charge in [-0.1, -0.05) is 57.9 Å². The minimum atomic E-state index is 0.203. The van der Waals surface area contributed by atoms with E-state index in [2.05, 4.69) is 51.2 Å². The molecule has 0 aliphatic carbocycles. The largest absolute Gasteiger partial charge is 0.329 e. The van der Waals surface area contributed by atoms with Crippen LogP contribution in [0.3, 0.4) is 0 Å². The van der Waals surface area contributed by atoms with Crippen molar-refractivity contribution in [3.63, 3.8) is 0 Å². The van der Waals surface area contributed by atoms with Gasteiger partial charge in [0, 0.05) is 35.2 Å². The third-order valence-corrected chi connectivity index (χ3v) is 4.77. The van der Waals surface area contributed by atoms with Gasteiger partial charge < -0.3 is 5.73 Å². The van der Waals surface area contributed by atoms with E-state index in [1.54, 1.807) is 0 Å². The highest BCUT2D eigenvalue weighted by Crippen LogP contribution is 2.34. The van der Waals surface area contributed by atoms with Gasteiger partial charge >= 0.3 is 0 Å². The van der Waals surface area contributed by atoms with Gasteiger partial charge in [0.2, 0.25) is 0 Å². The van der Waals surface area contributed by atoms with Gasteiger partial charge in [-0.25, -0.2) is 0 Å². The van der Waals surface area contributed by atoms with Gasteiger partial charge in [0.1, 0.15) is 0 Å². The molecule has 1 aliphatic heterocycles. The average molecular weight is 352 g/mol. The van der Waals surface area contributed by atoms with Gasteiger partial charge in [-0.2, -0.15) is 0 Å². The molecule has 2 aromatic rings. The SMILES string of the molecule is NCC(c1ccc(Cl)cc1Br)N1Cc2ccccc2C1. The average Bonchev–Trinajstić information content (AvgIpc) is 2.85. The number of halogens is 2. The Kier molecular flexibility index (Phi) is 4.13. The molecule has 104 valence electrons. The fourth-order valence-corrected chi connectivity index (χ4v) is 3.77. The second-order valence-corrected chi connectivity index (χ2v) is 6.38. The lowest BCUT2D eigenvalue weighted by Crippen LogP contribution is -2.29. The predicted molar refractivity (Wildman–Crippen MR) is 86.6 cm³/mol. The zero-order valence-electron chi connectivity index (χ0n) is 11.0. The quantitative estimate of drug-likeness (QED) is 0.901. The zero-order valence-corrected chi connectivity index (χ0v) is 13.4. The van der Waals surface area contributed by atoms with Crippen LogP contribution < -0.4 is 5.73 Å². The molecule has 1 unspecified atom stereocenters. The first kappa shape index (κ1) is 14.1. The Bertz CT molecular complexity index is 605. The van der Waals surface area contributed by atoms with E-state index in [1.165, 1.54) is 16.7 Å². The summed E-state index contributed by atoms with van der Waals surface area (Å²) in [6.07, 6.45) is 0. The molecule has 3 rings (SSSR count). The summed E-state index contributed by atoms with van der Waals surface area (Å²) in [7, 11) is 0. The molecule has 0 fully saturated rings. The molecule has 0 aromatic heterocycles. The van der Waals surface area contributed by atoms with Crippen molar-refractivity contribution in [2.45, 2.75) is 19.1 Å². The molecule has 2 nitrogen and oxygen atoms in total. The summed E-state index contributed by atoms with van der Waals surface area (Å²) in [5.74, 6) is 0. The second-order valence-electron chi connectivity index (χ2n) is 5.09. The molecule has 0 bridgehead atoms. The molecule has 4 heteroatoms. The molecule has 2 aromatic carbocycles. The van der Waals surface area contributed by atoms with Crippen LogP contribution in [-0.2, 0) is 13.1 Å². The van der Waals surface area contributed by atoms with Crippen molar-refractivity contribution in [3.8, 4) is 0 Å². The topological polar surface area (TPSA) is 29.3 Å². The Morgan fingerprint density at radius 2 is 1.80 bits per heavy atom. The fraction of sp³-hybridized carbons (Fsp3) is 0.250. The van der Waals surface area contributed by atoms with Crippen LogP contribution in [0, 0.1) is 0 Å². The van der Waals surface area contributed by atoms with Crippen molar-refractivity contribution in [2.24, 2.45) is 5.73 Å². The molecule has 1 aliphatic rings. The highest BCUT2D eigenvalue weighted by molar-refractivity contribution is 9.10. The minimum Gasteiger partial charge on any atom is -0.329 e. The highest BCUT2D eigenvalue weighted by atomic mass is 79.9. The zero-order chi connectivity index (χ0) is 14.1. The number of benzene rings is 2. The van der Waals surface area contributed by atoms with Gasteiger partial charge in [0.25, 0.3) is 0 Å². The van der Waals surface area contributed by atoms with E-state index in [0.717, 1.165) is 22.6 Å². The molecule has 0 amide bonds. The lowest BCUT2D eigenvalue weighted by molar-refractivity contribution is 0.204. The molecular weight excluding hydrogens is 336 g/mol. The molecule has 0 saturated carbocycles. The van der Waals surface area contributed by atoms with E-state index in [4.69, 9.17) is 17.3 Å². The number of fused-ring (bicyclic) bond motifs is 1. The number of rotatable bonds is 3. The van der Waals surface area contributed by atoms with E-state index in [0.29, 0.717) is 6.54 Å². The first-order chi connectivity index (χ1) is 9.69. The van der Waals surface area contributed by atoms with Crippen LogP contribution in [0.5, 0.6) is 0 Å². The summed E-state index contributed by atoms with van der Waals surface area (Å²) >= 11 is 9.63. The van der Waals surface area contributed by atoms with Gasteiger partial charge in [0.05, 0.1) is 0 Å². The molecule has 1 atom stereocenters. The van der Waals surface area contributed by atoms with Crippen LogP contribution in [0.15, 0.2) is 46.9 Å². The normalized spacial score (nSPS) is 16.1. The minimum absolute atomic E-state index is 0.203.